The third kappa shape index (κ3) is 4.11. The van der Waals surface area contributed by atoms with Crippen molar-refractivity contribution in [3.63, 3.8) is 0 Å². The zero-order chi connectivity index (χ0) is 22.8. The molecule has 0 atom stereocenters. The number of amides is 3. The van der Waals surface area contributed by atoms with Gasteiger partial charge in [-0.15, -0.1) is 0 Å². The number of piperidine rings is 1. The van der Waals surface area contributed by atoms with Gasteiger partial charge < -0.3 is 14.6 Å². The number of fused-ring (bicyclic) bond motifs is 1. The lowest BCUT2D eigenvalue weighted by Gasteiger charge is -2.33. The first-order valence-electron chi connectivity index (χ1n) is 11.0. The SMILES string of the molecule is O=C(NCc1ccco1)C1CCN(c2cccc3c2C(=O)N(Cc2cccnc2)C3=O)CC1. The van der Waals surface area contributed by atoms with Gasteiger partial charge in [0.25, 0.3) is 11.8 Å². The van der Waals surface area contributed by atoms with E-state index in [0.717, 1.165) is 17.0 Å². The number of anilines is 1. The first-order chi connectivity index (χ1) is 16.1. The van der Waals surface area contributed by atoms with Crippen molar-refractivity contribution in [3.8, 4) is 0 Å². The highest BCUT2D eigenvalue weighted by atomic mass is 16.3. The number of nitrogens with one attached hydrogen (secondary N) is 1. The molecule has 0 aliphatic carbocycles. The molecule has 0 radical (unpaired) electrons. The second-order valence-corrected chi connectivity index (χ2v) is 8.32. The van der Waals surface area contributed by atoms with E-state index >= 15 is 0 Å². The molecule has 1 saturated heterocycles. The van der Waals surface area contributed by atoms with Crippen LogP contribution in [0.5, 0.6) is 0 Å². The fraction of sp³-hybridized carbons (Fsp3) is 0.280. The van der Waals surface area contributed by atoms with E-state index in [1.54, 1.807) is 36.9 Å². The highest BCUT2D eigenvalue weighted by Crippen LogP contribution is 2.34. The van der Waals surface area contributed by atoms with Gasteiger partial charge in [-0.25, -0.2) is 0 Å². The molecule has 0 saturated carbocycles. The van der Waals surface area contributed by atoms with Gasteiger partial charge in [0.05, 0.1) is 36.2 Å². The van der Waals surface area contributed by atoms with Crippen molar-refractivity contribution in [3.05, 3.63) is 83.6 Å². The molecule has 1 N–H and O–H groups in total. The van der Waals surface area contributed by atoms with Gasteiger partial charge >= 0.3 is 0 Å². The van der Waals surface area contributed by atoms with Gasteiger partial charge in [-0.3, -0.25) is 24.3 Å². The van der Waals surface area contributed by atoms with Crippen LogP contribution in [0, 0.1) is 5.92 Å². The Morgan fingerprint density at radius 2 is 1.91 bits per heavy atom. The summed E-state index contributed by atoms with van der Waals surface area (Å²) in [5, 5.41) is 2.93. The highest BCUT2D eigenvalue weighted by molar-refractivity contribution is 6.23. The van der Waals surface area contributed by atoms with Gasteiger partial charge in [0, 0.05) is 31.4 Å². The third-order valence-electron chi connectivity index (χ3n) is 6.26. The second-order valence-electron chi connectivity index (χ2n) is 8.32. The molecule has 1 fully saturated rings. The molecule has 8 heteroatoms. The maximum atomic E-state index is 13.2. The minimum atomic E-state index is -0.284. The van der Waals surface area contributed by atoms with Gasteiger partial charge in [0.15, 0.2) is 0 Å². The van der Waals surface area contributed by atoms with Crippen molar-refractivity contribution >= 4 is 23.4 Å². The lowest BCUT2D eigenvalue weighted by Crippen LogP contribution is -2.41. The Morgan fingerprint density at radius 3 is 2.64 bits per heavy atom. The monoisotopic (exact) mass is 444 g/mol. The van der Waals surface area contributed by atoms with Crippen LogP contribution in [0.25, 0.3) is 0 Å². The summed E-state index contributed by atoms with van der Waals surface area (Å²) in [5.41, 5.74) is 2.44. The van der Waals surface area contributed by atoms with E-state index in [1.807, 2.05) is 24.3 Å². The lowest BCUT2D eigenvalue weighted by molar-refractivity contribution is -0.125. The molecule has 168 valence electrons. The zero-order valence-electron chi connectivity index (χ0n) is 18.1. The summed E-state index contributed by atoms with van der Waals surface area (Å²) >= 11 is 0. The van der Waals surface area contributed by atoms with E-state index in [9.17, 15) is 14.4 Å². The Labute approximate surface area is 191 Å². The smallest absolute Gasteiger partial charge is 0.263 e. The summed E-state index contributed by atoms with van der Waals surface area (Å²) in [7, 11) is 0. The van der Waals surface area contributed by atoms with Crippen LogP contribution in [0.15, 0.2) is 65.5 Å². The van der Waals surface area contributed by atoms with Crippen molar-refractivity contribution in [1.82, 2.24) is 15.2 Å². The first kappa shape index (κ1) is 20.9. The van der Waals surface area contributed by atoms with Crippen molar-refractivity contribution in [1.29, 1.82) is 0 Å². The molecule has 0 spiro atoms. The molecule has 0 bridgehead atoms. The predicted octanol–water partition coefficient (Wildman–Crippen LogP) is 3.00. The number of hydrogen-bond donors (Lipinski definition) is 1. The molecular formula is C25H24N4O4. The number of pyridine rings is 1. The van der Waals surface area contributed by atoms with Crippen LogP contribution in [0.4, 0.5) is 5.69 Å². The first-order valence-corrected chi connectivity index (χ1v) is 11.0. The molecule has 5 rings (SSSR count). The van der Waals surface area contributed by atoms with Crippen LogP contribution in [0.3, 0.4) is 0 Å². The maximum absolute atomic E-state index is 13.2. The van der Waals surface area contributed by atoms with Crippen LogP contribution in [-0.2, 0) is 17.9 Å². The average molecular weight is 444 g/mol. The summed E-state index contributed by atoms with van der Waals surface area (Å²) in [4.78, 5) is 46.2. The van der Waals surface area contributed by atoms with Crippen LogP contribution in [0.1, 0.15) is 44.9 Å². The minimum absolute atomic E-state index is 0.0123. The van der Waals surface area contributed by atoms with Gasteiger partial charge in [0.1, 0.15) is 5.76 Å². The Morgan fingerprint density at radius 1 is 1.06 bits per heavy atom. The Balaban J connectivity index is 1.26. The number of nitrogens with zero attached hydrogens (tertiary/aromatic N) is 3. The van der Waals surface area contributed by atoms with Crippen LogP contribution < -0.4 is 10.2 Å². The standard InChI is InChI=1S/C25H24N4O4/c30-23(27-15-19-5-3-13-33-19)18-8-11-28(12-9-18)21-7-1-6-20-22(21)25(32)29(24(20)31)16-17-4-2-10-26-14-17/h1-7,10,13-14,18H,8-9,11-12,15-16H2,(H,27,30). The largest absolute Gasteiger partial charge is 0.467 e. The molecule has 4 heterocycles. The van der Waals surface area contributed by atoms with Gasteiger partial charge in [0.2, 0.25) is 5.91 Å². The average Bonchev–Trinajstić information content (AvgIpc) is 3.46. The minimum Gasteiger partial charge on any atom is -0.467 e. The summed E-state index contributed by atoms with van der Waals surface area (Å²) in [6.45, 7) is 1.85. The number of carbonyl (C=O) groups is 3. The molecule has 2 aliphatic rings. The zero-order valence-corrected chi connectivity index (χ0v) is 18.1. The maximum Gasteiger partial charge on any atom is 0.263 e. The third-order valence-corrected chi connectivity index (χ3v) is 6.26. The molecular weight excluding hydrogens is 420 g/mol. The van der Waals surface area contributed by atoms with Crippen molar-refractivity contribution in [2.75, 3.05) is 18.0 Å². The quantitative estimate of drug-likeness (QED) is 0.588. The fourth-order valence-electron chi connectivity index (χ4n) is 4.51. The van der Waals surface area contributed by atoms with E-state index in [2.05, 4.69) is 15.2 Å². The fourth-order valence-corrected chi connectivity index (χ4v) is 4.51. The Kier molecular flexibility index (Phi) is 5.64. The Bertz CT molecular complexity index is 1170. The summed E-state index contributed by atoms with van der Waals surface area (Å²) in [5.74, 6) is 0.0749. The van der Waals surface area contributed by atoms with Gasteiger partial charge in [-0.2, -0.15) is 0 Å². The number of benzene rings is 1. The van der Waals surface area contributed by atoms with E-state index in [0.29, 0.717) is 43.6 Å². The number of rotatable bonds is 6. The number of hydrogen-bond acceptors (Lipinski definition) is 6. The summed E-state index contributed by atoms with van der Waals surface area (Å²) in [6.07, 6.45) is 6.25. The number of imide groups is 1. The number of furan rings is 1. The number of carbonyl (C=O) groups excluding carboxylic acids is 3. The van der Waals surface area contributed by atoms with E-state index in [4.69, 9.17) is 4.42 Å². The van der Waals surface area contributed by atoms with Gasteiger partial charge in [-0.1, -0.05) is 12.1 Å². The predicted molar refractivity (Wildman–Crippen MR) is 120 cm³/mol. The molecule has 3 amide bonds. The second kappa shape index (κ2) is 8.90. The summed E-state index contributed by atoms with van der Waals surface area (Å²) < 4.78 is 5.26. The van der Waals surface area contributed by atoms with Crippen LogP contribution >= 0.6 is 0 Å². The van der Waals surface area contributed by atoms with Crippen LogP contribution in [0.2, 0.25) is 0 Å². The topological polar surface area (TPSA) is 95.8 Å². The van der Waals surface area contributed by atoms with Crippen LogP contribution in [-0.4, -0.2) is 40.7 Å². The van der Waals surface area contributed by atoms with Crippen molar-refractivity contribution < 1.29 is 18.8 Å². The highest BCUT2D eigenvalue weighted by Gasteiger charge is 2.39. The Hall–Kier alpha value is -3.94. The van der Waals surface area contributed by atoms with E-state index in [-0.39, 0.29) is 30.2 Å². The molecule has 1 aromatic carbocycles. The van der Waals surface area contributed by atoms with Crippen molar-refractivity contribution in [2.24, 2.45) is 5.92 Å². The molecule has 33 heavy (non-hydrogen) atoms. The lowest BCUT2D eigenvalue weighted by atomic mass is 9.94. The molecule has 2 aromatic heterocycles. The van der Waals surface area contributed by atoms with E-state index < -0.39 is 0 Å². The molecule has 0 unspecified atom stereocenters. The van der Waals surface area contributed by atoms with E-state index in [1.165, 1.54) is 4.90 Å². The molecule has 2 aliphatic heterocycles. The normalized spacial score (nSPS) is 16.2. The summed E-state index contributed by atoms with van der Waals surface area (Å²) in [6, 6.07) is 12.7. The van der Waals surface area contributed by atoms with Crippen molar-refractivity contribution in [2.45, 2.75) is 25.9 Å². The number of aromatic nitrogens is 1. The molecule has 3 aromatic rings. The van der Waals surface area contributed by atoms with Gasteiger partial charge in [-0.05, 0) is 48.7 Å². The molecule has 8 nitrogen and oxygen atoms in total.